The fourth-order valence-electron chi connectivity index (χ4n) is 0.635. The lowest BCUT2D eigenvalue weighted by Crippen LogP contribution is -2.18. The van der Waals surface area contributed by atoms with Crippen LogP contribution in [0.4, 0.5) is 0 Å². The van der Waals surface area contributed by atoms with Crippen molar-refractivity contribution in [2.24, 2.45) is 10.7 Å². The number of nitrogens with two attached hydrogens (primary N) is 1. The Morgan fingerprint density at radius 2 is 2.55 bits per heavy atom. The zero-order valence-electron chi connectivity index (χ0n) is 5.48. The van der Waals surface area contributed by atoms with Crippen molar-refractivity contribution in [1.29, 1.82) is 0 Å². The van der Waals surface area contributed by atoms with Crippen LogP contribution in [0.2, 0.25) is 0 Å². The summed E-state index contributed by atoms with van der Waals surface area (Å²) in [5.41, 5.74) is 5.25. The molecule has 0 spiro atoms. The smallest absolute Gasteiger partial charge is 0.329 e. The van der Waals surface area contributed by atoms with Crippen LogP contribution in [0.5, 0.6) is 0 Å². The number of thioether (sulfide) groups is 1. The summed E-state index contributed by atoms with van der Waals surface area (Å²) in [6.45, 7) is 0. The van der Waals surface area contributed by atoms with E-state index >= 15 is 0 Å². The van der Waals surface area contributed by atoms with Crippen molar-refractivity contribution in [3.63, 3.8) is 0 Å². The molecule has 60 valence electrons. The molecule has 0 fully saturated rings. The standard InChI is InChI=1S/C5H6N2O2S2/c6-3(10)4-7-2(1-11-4)5(8)9/h2H,1H2,(H2,6,10)(H,8,9). The molecule has 1 rings (SSSR count). The van der Waals surface area contributed by atoms with Crippen molar-refractivity contribution >= 4 is 40.0 Å². The topological polar surface area (TPSA) is 75.7 Å². The van der Waals surface area contributed by atoms with E-state index < -0.39 is 12.0 Å². The highest BCUT2D eigenvalue weighted by molar-refractivity contribution is 8.17. The summed E-state index contributed by atoms with van der Waals surface area (Å²) in [6, 6.07) is -0.670. The van der Waals surface area contributed by atoms with E-state index in [0.717, 1.165) is 0 Å². The summed E-state index contributed by atoms with van der Waals surface area (Å²) >= 11 is 5.92. The molecule has 0 aromatic carbocycles. The van der Waals surface area contributed by atoms with Crippen LogP contribution in [-0.4, -0.2) is 32.9 Å². The molecule has 0 saturated carbocycles. The van der Waals surface area contributed by atoms with Gasteiger partial charge >= 0.3 is 5.97 Å². The number of rotatable bonds is 2. The molecular formula is C5H6N2O2S2. The number of thiocarbonyl (C=S) groups is 1. The van der Waals surface area contributed by atoms with Gasteiger partial charge in [0.15, 0.2) is 6.04 Å². The van der Waals surface area contributed by atoms with Gasteiger partial charge in [0, 0.05) is 5.75 Å². The third kappa shape index (κ3) is 1.90. The van der Waals surface area contributed by atoms with Crippen molar-refractivity contribution < 1.29 is 9.90 Å². The third-order valence-corrected chi connectivity index (χ3v) is 2.55. The first-order chi connectivity index (χ1) is 5.11. The van der Waals surface area contributed by atoms with Gasteiger partial charge in [-0.3, -0.25) is 4.99 Å². The van der Waals surface area contributed by atoms with E-state index in [1.807, 2.05) is 0 Å². The number of hydrogen-bond acceptors (Lipinski definition) is 4. The van der Waals surface area contributed by atoms with Crippen molar-refractivity contribution in [3.05, 3.63) is 0 Å². The predicted octanol–water partition coefficient (Wildman–Crippen LogP) is -0.129. The average Bonchev–Trinajstić information content (AvgIpc) is 2.33. The number of carboxylic acids is 1. The molecule has 0 amide bonds. The van der Waals surface area contributed by atoms with Crippen molar-refractivity contribution in [2.45, 2.75) is 6.04 Å². The van der Waals surface area contributed by atoms with Crippen LogP contribution < -0.4 is 5.73 Å². The van der Waals surface area contributed by atoms with Gasteiger partial charge in [0.1, 0.15) is 10.0 Å². The van der Waals surface area contributed by atoms with E-state index in [4.69, 9.17) is 10.8 Å². The monoisotopic (exact) mass is 190 g/mol. The van der Waals surface area contributed by atoms with Gasteiger partial charge in [0.25, 0.3) is 0 Å². The molecule has 0 bridgehead atoms. The van der Waals surface area contributed by atoms with Crippen LogP contribution in [-0.2, 0) is 4.79 Å². The van der Waals surface area contributed by atoms with Crippen LogP contribution in [0.15, 0.2) is 4.99 Å². The molecule has 3 N–H and O–H groups in total. The predicted molar refractivity (Wildman–Crippen MR) is 48.1 cm³/mol. The molecule has 0 aromatic heterocycles. The normalized spacial score (nSPS) is 22.9. The fourth-order valence-corrected chi connectivity index (χ4v) is 1.74. The number of hydrogen-bond donors (Lipinski definition) is 2. The molecule has 1 aliphatic rings. The van der Waals surface area contributed by atoms with Gasteiger partial charge in [-0.05, 0) is 0 Å². The second kappa shape index (κ2) is 3.19. The first kappa shape index (κ1) is 8.48. The van der Waals surface area contributed by atoms with Gasteiger partial charge in [-0.1, -0.05) is 12.2 Å². The Bertz CT molecular complexity index is 239. The van der Waals surface area contributed by atoms with Crippen molar-refractivity contribution in [3.8, 4) is 0 Å². The van der Waals surface area contributed by atoms with Crippen LogP contribution in [0.25, 0.3) is 0 Å². The van der Waals surface area contributed by atoms with Gasteiger partial charge in [-0.25, -0.2) is 4.79 Å². The average molecular weight is 190 g/mol. The SMILES string of the molecule is NC(=S)C1=NC(C(=O)O)CS1. The molecule has 0 radical (unpaired) electrons. The molecule has 1 atom stereocenters. The number of carbonyl (C=O) groups is 1. The molecule has 11 heavy (non-hydrogen) atoms. The van der Waals surface area contributed by atoms with E-state index in [-0.39, 0.29) is 4.99 Å². The molecule has 0 aliphatic carbocycles. The van der Waals surface area contributed by atoms with Gasteiger partial charge in [-0.15, -0.1) is 11.8 Å². The molecule has 1 aliphatic heterocycles. The van der Waals surface area contributed by atoms with E-state index in [9.17, 15) is 4.79 Å². The summed E-state index contributed by atoms with van der Waals surface area (Å²) in [7, 11) is 0. The van der Waals surface area contributed by atoms with Gasteiger partial charge in [0.2, 0.25) is 0 Å². The van der Waals surface area contributed by atoms with Crippen molar-refractivity contribution in [1.82, 2.24) is 0 Å². The Morgan fingerprint density at radius 3 is 2.82 bits per heavy atom. The lowest BCUT2D eigenvalue weighted by atomic mass is 10.4. The Hall–Kier alpha value is -0.620. The van der Waals surface area contributed by atoms with Crippen LogP contribution >= 0.6 is 24.0 Å². The number of aliphatic imine (C=N–C) groups is 1. The van der Waals surface area contributed by atoms with E-state index in [1.165, 1.54) is 11.8 Å². The van der Waals surface area contributed by atoms with Gasteiger partial charge in [0.05, 0.1) is 0 Å². The zero-order chi connectivity index (χ0) is 8.43. The molecule has 6 heteroatoms. The number of aliphatic carboxylic acids is 1. The Morgan fingerprint density at radius 1 is 1.91 bits per heavy atom. The van der Waals surface area contributed by atoms with Crippen molar-refractivity contribution in [2.75, 3.05) is 5.75 Å². The first-order valence-electron chi connectivity index (χ1n) is 2.84. The number of nitrogens with zero attached hydrogens (tertiary/aromatic N) is 1. The fraction of sp³-hybridized carbons (Fsp3) is 0.400. The highest BCUT2D eigenvalue weighted by Gasteiger charge is 2.25. The van der Waals surface area contributed by atoms with Gasteiger partial charge < -0.3 is 10.8 Å². The van der Waals surface area contributed by atoms with E-state index in [0.29, 0.717) is 10.8 Å². The summed E-state index contributed by atoms with van der Waals surface area (Å²) in [5.74, 6) is -0.495. The molecule has 1 unspecified atom stereocenters. The van der Waals surface area contributed by atoms with E-state index in [2.05, 4.69) is 17.2 Å². The second-order valence-electron chi connectivity index (χ2n) is 1.96. The third-order valence-electron chi connectivity index (χ3n) is 1.15. The second-order valence-corrected chi connectivity index (χ2v) is 3.41. The van der Waals surface area contributed by atoms with Gasteiger partial charge in [-0.2, -0.15) is 0 Å². The Balaban J connectivity index is 2.68. The minimum atomic E-state index is -0.927. The number of carboxylic acid groups (broad SMARTS) is 1. The quantitative estimate of drug-likeness (QED) is 0.593. The minimum absolute atomic E-state index is 0.179. The van der Waals surface area contributed by atoms with E-state index in [1.54, 1.807) is 0 Å². The Labute approximate surface area is 72.9 Å². The Kier molecular flexibility index (Phi) is 2.45. The summed E-state index contributed by atoms with van der Waals surface area (Å²) in [5, 5.41) is 8.99. The van der Waals surface area contributed by atoms with Crippen LogP contribution in [0.1, 0.15) is 0 Å². The maximum atomic E-state index is 10.4. The molecule has 4 nitrogen and oxygen atoms in total. The lowest BCUT2D eigenvalue weighted by Gasteiger charge is -1.93. The maximum absolute atomic E-state index is 10.4. The lowest BCUT2D eigenvalue weighted by molar-refractivity contribution is -0.137. The molecular weight excluding hydrogens is 184 g/mol. The highest BCUT2D eigenvalue weighted by atomic mass is 32.2. The molecule has 1 heterocycles. The first-order valence-corrected chi connectivity index (χ1v) is 4.24. The molecule has 0 aromatic rings. The summed E-state index contributed by atoms with van der Waals surface area (Å²) in [6.07, 6.45) is 0. The minimum Gasteiger partial charge on any atom is -0.480 e. The largest absolute Gasteiger partial charge is 0.480 e. The summed E-state index contributed by atoms with van der Waals surface area (Å²) < 4.78 is 0. The van der Waals surface area contributed by atoms with Crippen LogP contribution in [0.3, 0.4) is 0 Å². The van der Waals surface area contributed by atoms with Crippen LogP contribution in [0, 0.1) is 0 Å². The summed E-state index contributed by atoms with van der Waals surface area (Å²) in [4.78, 5) is 14.3. The highest BCUT2D eigenvalue weighted by Crippen LogP contribution is 2.18. The maximum Gasteiger partial charge on any atom is 0.329 e. The molecule has 0 saturated heterocycles. The zero-order valence-corrected chi connectivity index (χ0v) is 7.11.